The fourth-order valence-corrected chi connectivity index (χ4v) is 5.27. The van der Waals surface area contributed by atoms with Crippen molar-refractivity contribution in [2.45, 2.75) is 43.6 Å². The maximum atomic E-state index is 13.0. The van der Waals surface area contributed by atoms with E-state index in [9.17, 15) is 13.2 Å². The Kier molecular flexibility index (Phi) is 9.47. The maximum Gasteiger partial charge on any atom is 0.414 e. The molecule has 36 heavy (non-hydrogen) atoms. The molecule has 3 N–H and O–H groups in total. The van der Waals surface area contributed by atoms with Crippen LogP contribution in [0.25, 0.3) is 0 Å². The number of nitrogens with one attached hydrogen (secondary N) is 1. The summed E-state index contributed by atoms with van der Waals surface area (Å²) in [7, 11) is -0.116. The number of anilines is 1. The van der Waals surface area contributed by atoms with E-state index in [1.165, 1.54) is 10.7 Å². The van der Waals surface area contributed by atoms with Crippen molar-refractivity contribution < 1.29 is 17.9 Å². The summed E-state index contributed by atoms with van der Waals surface area (Å²) < 4.78 is 32.8. The lowest BCUT2D eigenvalue weighted by atomic mass is 10.1. The van der Waals surface area contributed by atoms with E-state index in [1.54, 1.807) is 48.3 Å². The molecule has 9 nitrogen and oxygen atoms in total. The zero-order valence-electron chi connectivity index (χ0n) is 21.3. The summed E-state index contributed by atoms with van der Waals surface area (Å²) in [6.07, 6.45) is 3.63. The molecule has 1 heterocycles. The number of amides is 1. The highest BCUT2D eigenvalue weighted by Gasteiger charge is 2.33. The van der Waals surface area contributed by atoms with Gasteiger partial charge in [-0.2, -0.15) is 4.31 Å². The van der Waals surface area contributed by atoms with Crippen LogP contribution in [0.3, 0.4) is 0 Å². The van der Waals surface area contributed by atoms with E-state index in [4.69, 9.17) is 15.9 Å². The van der Waals surface area contributed by atoms with Crippen LogP contribution in [-0.2, 0) is 21.2 Å². The van der Waals surface area contributed by atoms with Gasteiger partial charge in [0, 0.05) is 37.9 Å². The fraction of sp³-hybridized carbons (Fsp3) is 0.462. The maximum absolute atomic E-state index is 13.0. The molecule has 0 aromatic heterocycles. The van der Waals surface area contributed by atoms with Crippen LogP contribution in [0.5, 0.6) is 0 Å². The Morgan fingerprint density at radius 2 is 1.75 bits per heavy atom. The summed E-state index contributed by atoms with van der Waals surface area (Å²) in [5, 5.41) is 7.48. The Hall–Kier alpha value is -2.95. The third kappa shape index (κ3) is 7.05. The molecule has 3 rings (SSSR count). The predicted octanol–water partition coefficient (Wildman–Crippen LogP) is 3.28. The van der Waals surface area contributed by atoms with Crippen molar-refractivity contribution in [3.63, 3.8) is 0 Å². The molecule has 0 radical (unpaired) electrons. The van der Waals surface area contributed by atoms with Crippen LogP contribution < -0.4 is 10.6 Å². The Labute approximate surface area is 214 Å². The predicted molar refractivity (Wildman–Crippen MR) is 142 cm³/mol. The number of sulfonamides is 1. The first kappa shape index (κ1) is 27.6. The number of nitrogens with two attached hydrogens (primary N) is 1. The second-order valence-electron chi connectivity index (χ2n) is 9.27. The average molecular weight is 516 g/mol. The first-order valence-corrected chi connectivity index (χ1v) is 13.7. The van der Waals surface area contributed by atoms with Gasteiger partial charge >= 0.3 is 6.09 Å². The number of carbonyl (C=O) groups is 1. The highest BCUT2D eigenvalue weighted by atomic mass is 32.2. The number of ether oxygens (including phenoxy) is 1. The molecule has 1 fully saturated rings. The molecular weight excluding hydrogens is 478 g/mol. The van der Waals surface area contributed by atoms with Crippen LogP contribution in [-0.4, -0.2) is 75.9 Å². The molecule has 1 saturated heterocycles. The second-order valence-corrected chi connectivity index (χ2v) is 11.3. The number of benzene rings is 2. The Morgan fingerprint density at radius 1 is 1.08 bits per heavy atom. The molecule has 1 aliphatic rings. The first-order chi connectivity index (χ1) is 17.1. The molecule has 0 bridgehead atoms. The minimum atomic E-state index is -3.58. The van der Waals surface area contributed by atoms with Gasteiger partial charge < -0.3 is 15.4 Å². The molecule has 2 aromatic carbocycles. The molecule has 1 unspecified atom stereocenters. The second kappa shape index (κ2) is 12.3. The van der Waals surface area contributed by atoms with Crippen molar-refractivity contribution in [1.29, 1.82) is 5.41 Å². The first-order valence-electron chi connectivity index (χ1n) is 12.3. The van der Waals surface area contributed by atoms with Gasteiger partial charge in [-0.15, -0.1) is 0 Å². The smallest absolute Gasteiger partial charge is 0.414 e. The van der Waals surface area contributed by atoms with E-state index in [0.717, 1.165) is 24.8 Å². The van der Waals surface area contributed by atoms with Crippen LogP contribution >= 0.6 is 0 Å². The monoisotopic (exact) mass is 515 g/mol. The van der Waals surface area contributed by atoms with Gasteiger partial charge in [0.25, 0.3) is 0 Å². The summed E-state index contributed by atoms with van der Waals surface area (Å²) >= 11 is 0. The van der Waals surface area contributed by atoms with Crippen molar-refractivity contribution in [1.82, 2.24) is 9.21 Å². The van der Waals surface area contributed by atoms with Gasteiger partial charge in [-0.05, 0) is 61.9 Å². The lowest BCUT2D eigenvalue weighted by Gasteiger charge is -2.23. The number of carbonyl (C=O) groups excluding carboxylic acids is 1. The molecule has 1 aliphatic heterocycles. The summed E-state index contributed by atoms with van der Waals surface area (Å²) in [6.45, 7) is 3.84. The third-order valence-electron chi connectivity index (χ3n) is 6.38. The lowest BCUT2D eigenvalue weighted by molar-refractivity contribution is 0.116. The fourth-order valence-electron chi connectivity index (χ4n) is 4.11. The summed E-state index contributed by atoms with van der Waals surface area (Å²) in [5.41, 5.74) is 7.91. The van der Waals surface area contributed by atoms with E-state index in [0.29, 0.717) is 42.3 Å². The molecule has 1 atom stereocenters. The van der Waals surface area contributed by atoms with E-state index in [2.05, 4.69) is 6.92 Å². The normalized spacial score (nSPS) is 16.1. The largest absolute Gasteiger partial charge is 0.443 e. The van der Waals surface area contributed by atoms with Crippen LogP contribution in [0.1, 0.15) is 37.3 Å². The van der Waals surface area contributed by atoms with Gasteiger partial charge in [0.2, 0.25) is 10.0 Å². The number of hydrogen-bond donors (Lipinski definition) is 2. The summed E-state index contributed by atoms with van der Waals surface area (Å²) in [6, 6.07) is 14.0. The van der Waals surface area contributed by atoms with E-state index in [1.807, 2.05) is 24.1 Å². The van der Waals surface area contributed by atoms with Crippen molar-refractivity contribution in [2.24, 2.45) is 5.73 Å². The lowest BCUT2D eigenvalue weighted by Crippen LogP contribution is -2.38. The molecule has 10 heteroatoms. The molecule has 2 aromatic rings. The van der Waals surface area contributed by atoms with Gasteiger partial charge in [-0.25, -0.2) is 13.2 Å². The quantitative estimate of drug-likeness (QED) is 0.240. The van der Waals surface area contributed by atoms with Gasteiger partial charge in [0.05, 0.1) is 11.4 Å². The standard InChI is InChI=1S/C26H37N5O4S/c1-4-5-6-7-20-8-14-24(15-9-20)36(33,34)30(3)17-16-29(2)18-23-19-31(26(32)35-23)22-12-10-21(11-13-22)25(27)28/h8-15,23H,4-7,16-19H2,1-3H3,(H3,27,28). The van der Waals surface area contributed by atoms with Gasteiger partial charge in [-0.3, -0.25) is 10.3 Å². The number of rotatable bonds is 13. The van der Waals surface area contributed by atoms with Crippen LogP contribution in [0.15, 0.2) is 53.4 Å². The number of amidine groups is 1. The average Bonchev–Trinajstić information content (AvgIpc) is 3.22. The highest BCUT2D eigenvalue weighted by Crippen LogP contribution is 2.23. The highest BCUT2D eigenvalue weighted by molar-refractivity contribution is 7.89. The van der Waals surface area contributed by atoms with Gasteiger partial charge in [0.1, 0.15) is 11.9 Å². The number of unbranched alkanes of at least 4 members (excludes halogenated alkanes) is 2. The minimum Gasteiger partial charge on any atom is -0.443 e. The molecule has 1 amide bonds. The molecule has 0 aliphatic carbocycles. The Morgan fingerprint density at radius 3 is 2.36 bits per heavy atom. The number of aryl methyl sites for hydroxylation is 1. The van der Waals surface area contributed by atoms with Crippen molar-refractivity contribution in [2.75, 3.05) is 45.2 Å². The molecule has 0 saturated carbocycles. The Bertz CT molecular complexity index is 1140. The van der Waals surface area contributed by atoms with Crippen LogP contribution in [0.2, 0.25) is 0 Å². The van der Waals surface area contributed by atoms with Gasteiger partial charge in [-0.1, -0.05) is 31.9 Å². The Balaban J connectivity index is 1.49. The van der Waals surface area contributed by atoms with Crippen LogP contribution in [0.4, 0.5) is 10.5 Å². The number of cyclic esters (lactones) is 1. The zero-order valence-corrected chi connectivity index (χ0v) is 22.1. The van der Waals surface area contributed by atoms with Crippen molar-refractivity contribution >= 4 is 27.6 Å². The van der Waals surface area contributed by atoms with Crippen molar-refractivity contribution in [3.05, 3.63) is 59.7 Å². The summed E-state index contributed by atoms with van der Waals surface area (Å²) in [4.78, 5) is 16.2. The molecule has 0 spiro atoms. The number of likely N-dealkylation sites (N-methyl/N-ethyl adjacent to an activating group) is 2. The minimum absolute atomic E-state index is 0.0311. The van der Waals surface area contributed by atoms with E-state index in [-0.39, 0.29) is 11.9 Å². The number of nitrogens with zero attached hydrogens (tertiary/aromatic N) is 3. The zero-order chi connectivity index (χ0) is 26.3. The molecular formula is C26H37N5O4S. The SMILES string of the molecule is CCCCCc1ccc(S(=O)(=O)N(C)CCN(C)CC2CN(c3ccc(C(=N)N)cc3)C(=O)O2)cc1. The van der Waals surface area contributed by atoms with E-state index < -0.39 is 16.1 Å². The van der Waals surface area contributed by atoms with Crippen LogP contribution in [0, 0.1) is 5.41 Å². The van der Waals surface area contributed by atoms with Crippen molar-refractivity contribution in [3.8, 4) is 0 Å². The topological polar surface area (TPSA) is 120 Å². The van der Waals surface area contributed by atoms with E-state index >= 15 is 0 Å². The molecule has 196 valence electrons. The number of hydrogen-bond acceptors (Lipinski definition) is 6. The third-order valence-corrected chi connectivity index (χ3v) is 8.25. The van der Waals surface area contributed by atoms with Gasteiger partial charge in [0.15, 0.2) is 0 Å². The summed E-state index contributed by atoms with van der Waals surface area (Å²) in [5.74, 6) is -0.0311. The number of nitrogen functional groups attached to an aromatic ring is 1.